The van der Waals surface area contributed by atoms with E-state index in [0.29, 0.717) is 26.1 Å². The highest BCUT2D eigenvalue weighted by Gasteiger charge is 2.35. The summed E-state index contributed by atoms with van der Waals surface area (Å²) in [6.07, 6.45) is 8.79. The summed E-state index contributed by atoms with van der Waals surface area (Å²) < 4.78 is 5.38. The number of rotatable bonds is 6. The molecule has 0 aromatic carbocycles. The molecule has 2 saturated carbocycles. The van der Waals surface area contributed by atoms with Crippen LogP contribution >= 0.6 is 0 Å². The predicted molar refractivity (Wildman–Crippen MR) is 99.0 cm³/mol. The van der Waals surface area contributed by atoms with E-state index in [4.69, 9.17) is 4.74 Å². The third kappa shape index (κ3) is 5.43. The van der Waals surface area contributed by atoms with E-state index in [1.165, 1.54) is 0 Å². The molecule has 3 N–H and O–H groups in total. The SMILES string of the molecule is O=C(NC1CCC(C(=O)NC(C(=O)O)C2CCCOC2)CC1)C1CCCC1. The normalized spacial score (nSPS) is 30.4. The molecule has 1 saturated heterocycles. The Labute approximate surface area is 160 Å². The van der Waals surface area contributed by atoms with Gasteiger partial charge in [0.2, 0.25) is 11.8 Å². The van der Waals surface area contributed by atoms with Crippen molar-refractivity contribution in [1.82, 2.24) is 10.6 Å². The van der Waals surface area contributed by atoms with Gasteiger partial charge in [0.25, 0.3) is 0 Å². The third-order valence-electron chi connectivity index (χ3n) is 6.40. The number of aliphatic carboxylic acids is 1. The van der Waals surface area contributed by atoms with Crippen LogP contribution in [-0.2, 0) is 19.1 Å². The summed E-state index contributed by atoms with van der Waals surface area (Å²) in [5.41, 5.74) is 0. The second kappa shape index (κ2) is 9.53. The first-order valence-corrected chi connectivity index (χ1v) is 10.5. The number of carbonyl (C=O) groups is 3. The van der Waals surface area contributed by atoms with Crippen LogP contribution in [0.3, 0.4) is 0 Å². The fourth-order valence-corrected chi connectivity index (χ4v) is 4.69. The summed E-state index contributed by atoms with van der Waals surface area (Å²) in [6, 6.07) is -0.734. The van der Waals surface area contributed by atoms with Gasteiger partial charge in [0, 0.05) is 30.4 Å². The largest absolute Gasteiger partial charge is 0.480 e. The lowest BCUT2D eigenvalue weighted by Crippen LogP contribution is -2.51. The second-order valence-electron chi connectivity index (χ2n) is 8.34. The lowest BCUT2D eigenvalue weighted by molar-refractivity contribution is -0.146. The number of nitrogens with one attached hydrogen (secondary N) is 2. The highest BCUT2D eigenvalue weighted by atomic mass is 16.5. The molecule has 2 atom stereocenters. The van der Waals surface area contributed by atoms with Crippen molar-refractivity contribution in [1.29, 1.82) is 0 Å². The minimum Gasteiger partial charge on any atom is -0.480 e. The van der Waals surface area contributed by atoms with E-state index < -0.39 is 12.0 Å². The van der Waals surface area contributed by atoms with Crippen LogP contribution in [0.15, 0.2) is 0 Å². The van der Waals surface area contributed by atoms with Gasteiger partial charge in [0.05, 0.1) is 6.61 Å². The van der Waals surface area contributed by atoms with E-state index in [1.54, 1.807) is 0 Å². The lowest BCUT2D eigenvalue weighted by atomic mass is 9.84. The molecule has 0 aromatic rings. The summed E-state index contributed by atoms with van der Waals surface area (Å²) in [5.74, 6) is -1.16. The van der Waals surface area contributed by atoms with E-state index in [9.17, 15) is 19.5 Å². The maximum Gasteiger partial charge on any atom is 0.326 e. The van der Waals surface area contributed by atoms with Crippen LogP contribution in [0.25, 0.3) is 0 Å². The van der Waals surface area contributed by atoms with Crippen molar-refractivity contribution >= 4 is 17.8 Å². The molecular formula is C20H32N2O5. The fraction of sp³-hybridized carbons (Fsp3) is 0.850. The first-order valence-electron chi connectivity index (χ1n) is 10.5. The van der Waals surface area contributed by atoms with Crippen LogP contribution in [0.5, 0.6) is 0 Å². The summed E-state index contributed by atoms with van der Waals surface area (Å²) in [6.45, 7) is 1.05. The van der Waals surface area contributed by atoms with Crippen LogP contribution in [-0.4, -0.2) is 48.2 Å². The maximum absolute atomic E-state index is 12.6. The van der Waals surface area contributed by atoms with Crippen molar-refractivity contribution in [3.05, 3.63) is 0 Å². The van der Waals surface area contributed by atoms with E-state index in [2.05, 4.69) is 10.6 Å². The molecule has 3 fully saturated rings. The summed E-state index contributed by atoms with van der Waals surface area (Å²) >= 11 is 0. The average Bonchev–Trinajstić information content (AvgIpc) is 3.22. The lowest BCUT2D eigenvalue weighted by Gasteiger charge is -2.32. The molecule has 1 aliphatic heterocycles. The second-order valence-corrected chi connectivity index (χ2v) is 8.34. The number of carboxylic acid groups (broad SMARTS) is 1. The molecular weight excluding hydrogens is 348 g/mol. The number of ether oxygens (including phenoxy) is 1. The minimum atomic E-state index is -0.989. The van der Waals surface area contributed by atoms with Gasteiger partial charge in [0.15, 0.2) is 0 Å². The van der Waals surface area contributed by atoms with Crippen molar-refractivity contribution in [2.45, 2.75) is 76.3 Å². The fourth-order valence-electron chi connectivity index (χ4n) is 4.69. The monoisotopic (exact) mass is 380 g/mol. The maximum atomic E-state index is 12.6. The molecule has 3 rings (SSSR count). The number of hydrogen-bond acceptors (Lipinski definition) is 4. The topological polar surface area (TPSA) is 105 Å². The summed E-state index contributed by atoms with van der Waals surface area (Å²) in [5, 5.41) is 15.4. The van der Waals surface area contributed by atoms with Gasteiger partial charge in [-0.25, -0.2) is 4.79 Å². The molecule has 27 heavy (non-hydrogen) atoms. The highest BCUT2D eigenvalue weighted by Crippen LogP contribution is 2.28. The predicted octanol–water partition coefficient (Wildman–Crippen LogP) is 1.85. The first kappa shape index (κ1) is 20.1. The van der Waals surface area contributed by atoms with Crippen LogP contribution in [0.2, 0.25) is 0 Å². The van der Waals surface area contributed by atoms with Gasteiger partial charge in [-0.15, -0.1) is 0 Å². The van der Waals surface area contributed by atoms with Crippen molar-refractivity contribution < 1.29 is 24.2 Å². The minimum absolute atomic E-state index is 0.143. The number of amides is 2. The molecule has 7 nitrogen and oxygen atoms in total. The zero-order chi connectivity index (χ0) is 19.2. The molecule has 1 heterocycles. The standard InChI is InChI=1S/C20H32N2O5/c23-18(13-4-1-2-5-13)21-16-9-7-14(8-10-16)19(24)22-17(20(25)26)15-6-3-11-27-12-15/h13-17H,1-12H2,(H,21,23)(H,22,24)(H,25,26). The molecule has 0 radical (unpaired) electrons. The molecule has 2 amide bonds. The van der Waals surface area contributed by atoms with Crippen LogP contribution in [0, 0.1) is 17.8 Å². The van der Waals surface area contributed by atoms with E-state index >= 15 is 0 Å². The molecule has 2 unspecified atom stereocenters. The van der Waals surface area contributed by atoms with Gasteiger partial charge in [-0.2, -0.15) is 0 Å². The molecule has 3 aliphatic rings. The van der Waals surface area contributed by atoms with Crippen molar-refractivity contribution in [2.75, 3.05) is 13.2 Å². The van der Waals surface area contributed by atoms with Gasteiger partial charge in [-0.05, 0) is 51.4 Å². The Hall–Kier alpha value is -1.63. The number of carboxylic acids is 1. The van der Waals surface area contributed by atoms with E-state index in [1.807, 2.05) is 0 Å². The van der Waals surface area contributed by atoms with Crippen molar-refractivity contribution in [3.8, 4) is 0 Å². The van der Waals surface area contributed by atoms with Gasteiger partial charge < -0.3 is 20.5 Å². The van der Waals surface area contributed by atoms with Gasteiger partial charge in [-0.1, -0.05) is 12.8 Å². The van der Waals surface area contributed by atoms with Crippen LogP contribution < -0.4 is 10.6 Å². The van der Waals surface area contributed by atoms with E-state index in [-0.39, 0.29) is 35.6 Å². The van der Waals surface area contributed by atoms with Crippen molar-refractivity contribution in [3.63, 3.8) is 0 Å². The Kier molecular flexibility index (Phi) is 7.10. The Morgan fingerprint density at radius 3 is 2.11 bits per heavy atom. The third-order valence-corrected chi connectivity index (χ3v) is 6.40. The zero-order valence-electron chi connectivity index (χ0n) is 16.0. The summed E-state index contributed by atoms with van der Waals surface area (Å²) in [7, 11) is 0. The molecule has 152 valence electrons. The van der Waals surface area contributed by atoms with E-state index in [0.717, 1.165) is 51.4 Å². The smallest absolute Gasteiger partial charge is 0.326 e. The average molecular weight is 380 g/mol. The van der Waals surface area contributed by atoms with Gasteiger partial charge in [-0.3, -0.25) is 9.59 Å². The van der Waals surface area contributed by atoms with Gasteiger partial charge in [0.1, 0.15) is 6.04 Å². The Bertz CT molecular complexity index is 532. The first-order chi connectivity index (χ1) is 13.0. The number of hydrogen-bond donors (Lipinski definition) is 3. The molecule has 0 spiro atoms. The quantitative estimate of drug-likeness (QED) is 0.652. The Morgan fingerprint density at radius 1 is 0.852 bits per heavy atom. The molecule has 0 aromatic heterocycles. The van der Waals surface area contributed by atoms with Crippen LogP contribution in [0.4, 0.5) is 0 Å². The van der Waals surface area contributed by atoms with Gasteiger partial charge >= 0.3 is 5.97 Å². The molecule has 2 aliphatic carbocycles. The number of carbonyl (C=O) groups excluding carboxylic acids is 2. The Morgan fingerprint density at radius 2 is 1.52 bits per heavy atom. The molecule has 0 bridgehead atoms. The molecule has 7 heteroatoms. The summed E-state index contributed by atoms with van der Waals surface area (Å²) in [4.78, 5) is 36.4. The zero-order valence-corrected chi connectivity index (χ0v) is 16.0. The van der Waals surface area contributed by atoms with Crippen LogP contribution in [0.1, 0.15) is 64.2 Å². The highest BCUT2D eigenvalue weighted by molar-refractivity contribution is 5.85. The Balaban J connectivity index is 1.44. The van der Waals surface area contributed by atoms with Crippen molar-refractivity contribution in [2.24, 2.45) is 17.8 Å².